The Morgan fingerprint density at radius 3 is 2.55 bits per heavy atom. The van der Waals surface area contributed by atoms with Crippen molar-refractivity contribution in [1.29, 1.82) is 0 Å². The Kier molecular flexibility index (Phi) is 4.29. The van der Waals surface area contributed by atoms with Gasteiger partial charge in [0.05, 0.1) is 24.0 Å². The number of para-hydroxylation sites is 2. The second kappa shape index (κ2) is 5.96. The maximum Gasteiger partial charge on any atom is 0.337 e. The third kappa shape index (κ3) is 2.77. The van der Waals surface area contributed by atoms with Crippen LogP contribution in [0.5, 0.6) is 5.75 Å². The van der Waals surface area contributed by atoms with Gasteiger partial charge in [-0.15, -0.1) is 0 Å². The summed E-state index contributed by atoms with van der Waals surface area (Å²) in [6.07, 6.45) is 0. The summed E-state index contributed by atoms with van der Waals surface area (Å²) >= 11 is 3.29. The fraction of sp³-hybridized carbons (Fsp3) is 0.133. The minimum absolute atomic E-state index is 0.229. The van der Waals surface area contributed by atoms with Crippen molar-refractivity contribution in [3.63, 3.8) is 0 Å². The number of halogens is 1. The second-order valence-electron chi connectivity index (χ2n) is 4.20. The molecule has 0 amide bonds. The van der Waals surface area contributed by atoms with Gasteiger partial charge in [-0.05, 0) is 30.3 Å². The largest absolute Gasteiger partial charge is 0.495 e. The molecule has 0 heterocycles. The molecule has 0 spiro atoms. The highest BCUT2D eigenvalue weighted by Crippen LogP contribution is 2.34. The quantitative estimate of drug-likeness (QED) is 0.919. The van der Waals surface area contributed by atoms with E-state index in [0.29, 0.717) is 11.4 Å². The van der Waals surface area contributed by atoms with Crippen molar-refractivity contribution in [1.82, 2.24) is 0 Å². The number of nitrogens with zero attached hydrogens (tertiary/aromatic N) is 1. The standard InChI is InChI=1S/C15H14BrNO3/c1-17(13-5-3-4-6-14(13)20-2)12-8-7-10(16)9-11(12)15(18)19/h3-9H,1-2H3,(H,18,19). The molecule has 2 aromatic rings. The Morgan fingerprint density at radius 2 is 1.90 bits per heavy atom. The number of carboxylic acids is 1. The number of ether oxygens (including phenoxy) is 1. The zero-order valence-electron chi connectivity index (χ0n) is 11.1. The molecule has 20 heavy (non-hydrogen) atoms. The molecule has 0 aliphatic rings. The lowest BCUT2D eigenvalue weighted by Gasteiger charge is -2.23. The highest BCUT2D eigenvalue weighted by atomic mass is 79.9. The summed E-state index contributed by atoms with van der Waals surface area (Å²) < 4.78 is 6.04. The van der Waals surface area contributed by atoms with E-state index in [1.807, 2.05) is 37.4 Å². The first kappa shape index (κ1) is 14.4. The molecular formula is C15H14BrNO3. The third-order valence-electron chi connectivity index (χ3n) is 3.00. The molecule has 1 N–H and O–H groups in total. The van der Waals surface area contributed by atoms with E-state index in [2.05, 4.69) is 15.9 Å². The summed E-state index contributed by atoms with van der Waals surface area (Å²) in [7, 11) is 3.40. The van der Waals surface area contributed by atoms with Crippen LogP contribution in [-0.2, 0) is 0 Å². The highest BCUT2D eigenvalue weighted by Gasteiger charge is 2.17. The monoisotopic (exact) mass is 335 g/mol. The number of benzene rings is 2. The molecule has 0 saturated heterocycles. The number of aromatic carboxylic acids is 1. The summed E-state index contributed by atoms with van der Waals surface area (Å²) in [4.78, 5) is 13.2. The van der Waals surface area contributed by atoms with Crippen molar-refractivity contribution in [2.24, 2.45) is 0 Å². The Balaban J connectivity index is 2.53. The molecule has 5 heteroatoms. The van der Waals surface area contributed by atoms with Crippen molar-refractivity contribution in [2.75, 3.05) is 19.1 Å². The third-order valence-corrected chi connectivity index (χ3v) is 3.49. The topological polar surface area (TPSA) is 49.8 Å². The molecule has 104 valence electrons. The SMILES string of the molecule is COc1ccccc1N(C)c1ccc(Br)cc1C(=O)O. The van der Waals surface area contributed by atoms with Crippen LogP contribution < -0.4 is 9.64 Å². The van der Waals surface area contributed by atoms with Gasteiger partial charge in [-0.1, -0.05) is 28.1 Å². The molecule has 0 saturated carbocycles. The van der Waals surface area contributed by atoms with Gasteiger partial charge in [0.2, 0.25) is 0 Å². The summed E-state index contributed by atoms with van der Waals surface area (Å²) in [5.41, 5.74) is 1.64. The van der Waals surface area contributed by atoms with E-state index >= 15 is 0 Å². The average molecular weight is 336 g/mol. The predicted molar refractivity (Wildman–Crippen MR) is 82.2 cm³/mol. The van der Waals surface area contributed by atoms with Gasteiger partial charge in [0.15, 0.2) is 0 Å². The predicted octanol–water partition coefficient (Wildman–Crippen LogP) is 3.92. The summed E-state index contributed by atoms with van der Waals surface area (Å²) in [5.74, 6) is -0.280. The number of anilines is 2. The molecule has 0 unspecified atom stereocenters. The fourth-order valence-electron chi connectivity index (χ4n) is 2.01. The number of rotatable bonds is 4. The van der Waals surface area contributed by atoms with Gasteiger partial charge >= 0.3 is 5.97 Å². The number of carboxylic acid groups (broad SMARTS) is 1. The zero-order valence-corrected chi connectivity index (χ0v) is 12.7. The summed E-state index contributed by atoms with van der Waals surface area (Å²) in [6.45, 7) is 0. The van der Waals surface area contributed by atoms with Gasteiger partial charge in [-0.2, -0.15) is 0 Å². The number of methoxy groups -OCH3 is 1. The number of carbonyl (C=O) groups is 1. The van der Waals surface area contributed by atoms with E-state index in [1.54, 1.807) is 24.1 Å². The van der Waals surface area contributed by atoms with Gasteiger partial charge in [0, 0.05) is 11.5 Å². The molecule has 2 aromatic carbocycles. The molecule has 0 fully saturated rings. The molecule has 0 aliphatic carbocycles. The van der Waals surface area contributed by atoms with Crippen LogP contribution in [-0.4, -0.2) is 25.2 Å². The van der Waals surface area contributed by atoms with Gasteiger partial charge < -0.3 is 14.7 Å². The smallest absolute Gasteiger partial charge is 0.337 e. The molecule has 4 nitrogen and oxygen atoms in total. The van der Waals surface area contributed by atoms with Crippen LogP contribution in [0.1, 0.15) is 10.4 Å². The molecule has 2 rings (SSSR count). The van der Waals surface area contributed by atoms with E-state index in [1.165, 1.54) is 0 Å². The molecule has 0 aliphatic heterocycles. The van der Waals surface area contributed by atoms with Crippen molar-refractivity contribution >= 4 is 33.3 Å². The van der Waals surface area contributed by atoms with Gasteiger partial charge in [-0.3, -0.25) is 0 Å². The highest BCUT2D eigenvalue weighted by molar-refractivity contribution is 9.10. The maximum atomic E-state index is 11.4. The van der Waals surface area contributed by atoms with Gasteiger partial charge in [0.25, 0.3) is 0 Å². The van der Waals surface area contributed by atoms with E-state index in [4.69, 9.17) is 4.74 Å². The second-order valence-corrected chi connectivity index (χ2v) is 5.11. The van der Waals surface area contributed by atoms with Crippen LogP contribution in [0.2, 0.25) is 0 Å². The van der Waals surface area contributed by atoms with Crippen molar-refractivity contribution in [3.05, 3.63) is 52.5 Å². The summed E-state index contributed by atoms with van der Waals surface area (Å²) in [6, 6.07) is 12.6. The Morgan fingerprint density at radius 1 is 1.20 bits per heavy atom. The van der Waals surface area contributed by atoms with E-state index in [9.17, 15) is 9.90 Å². The van der Waals surface area contributed by atoms with Crippen molar-refractivity contribution < 1.29 is 14.6 Å². The van der Waals surface area contributed by atoms with E-state index in [-0.39, 0.29) is 5.56 Å². The van der Waals surface area contributed by atoms with Crippen molar-refractivity contribution in [2.45, 2.75) is 0 Å². The van der Waals surface area contributed by atoms with Crippen LogP contribution in [0.25, 0.3) is 0 Å². The maximum absolute atomic E-state index is 11.4. The molecule has 0 aromatic heterocycles. The molecule has 0 bridgehead atoms. The Bertz CT molecular complexity index is 643. The minimum Gasteiger partial charge on any atom is -0.495 e. The normalized spacial score (nSPS) is 10.2. The van der Waals surface area contributed by atoms with E-state index < -0.39 is 5.97 Å². The molecular weight excluding hydrogens is 322 g/mol. The first-order valence-electron chi connectivity index (χ1n) is 5.94. The number of hydrogen-bond acceptors (Lipinski definition) is 3. The van der Waals surface area contributed by atoms with Gasteiger partial charge in [0.1, 0.15) is 5.75 Å². The van der Waals surface area contributed by atoms with Crippen LogP contribution in [0.4, 0.5) is 11.4 Å². The van der Waals surface area contributed by atoms with Crippen molar-refractivity contribution in [3.8, 4) is 5.75 Å². The van der Waals surface area contributed by atoms with Gasteiger partial charge in [-0.25, -0.2) is 4.79 Å². The van der Waals surface area contributed by atoms with Crippen LogP contribution in [0, 0.1) is 0 Å². The zero-order chi connectivity index (χ0) is 14.7. The van der Waals surface area contributed by atoms with Crippen LogP contribution in [0.15, 0.2) is 46.9 Å². The first-order valence-corrected chi connectivity index (χ1v) is 6.73. The van der Waals surface area contributed by atoms with Crippen LogP contribution >= 0.6 is 15.9 Å². The summed E-state index contributed by atoms with van der Waals surface area (Å²) in [5, 5.41) is 9.33. The lowest BCUT2D eigenvalue weighted by molar-refractivity contribution is 0.0697. The average Bonchev–Trinajstić information content (AvgIpc) is 2.46. The Hall–Kier alpha value is -2.01. The first-order chi connectivity index (χ1) is 9.54. The van der Waals surface area contributed by atoms with Crippen LogP contribution in [0.3, 0.4) is 0 Å². The molecule has 0 atom stereocenters. The lowest BCUT2D eigenvalue weighted by Crippen LogP contribution is -2.14. The molecule has 0 radical (unpaired) electrons. The lowest BCUT2D eigenvalue weighted by atomic mass is 10.1. The Labute approximate surface area is 125 Å². The number of hydrogen-bond donors (Lipinski definition) is 1. The minimum atomic E-state index is -0.969. The fourth-order valence-corrected chi connectivity index (χ4v) is 2.37. The van der Waals surface area contributed by atoms with E-state index in [0.717, 1.165) is 10.2 Å².